The Morgan fingerprint density at radius 3 is 2.58 bits per heavy atom. The van der Waals surface area contributed by atoms with E-state index >= 15 is 0 Å². The van der Waals surface area contributed by atoms with Crippen LogP contribution in [0.25, 0.3) is 11.3 Å². The van der Waals surface area contributed by atoms with Crippen LogP contribution in [0.2, 0.25) is 0 Å². The molecule has 0 spiro atoms. The predicted molar refractivity (Wildman–Crippen MR) is 89.5 cm³/mol. The minimum atomic E-state index is -0.355. The molecule has 122 valence electrons. The van der Waals surface area contributed by atoms with Gasteiger partial charge in [0.25, 0.3) is 5.91 Å². The van der Waals surface area contributed by atoms with Gasteiger partial charge in [0.15, 0.2) is 0 Å². The van der Waals surface area contributed by atoms with Gasteiger partial charge < -0.3 is 10.1 Å². The number of anilines is 1. The van der Waals surface area contributed by atoms with Gasteiger partial charge in [-0.2, -0.15) is 5.10 Å². The molecular formula is C18H16FN3O2. The monoisotopic (exact) mass is 325 g/mol. The van der Waals surface area contributed by atoms with Gasteiger partial charge >= 0.3 is 0 Å². The van der Waals surface area contributed by atoms with E-state index in [1.807, 2.05) is 24.3 Å². The maximum absolute atomic E-state index is 12.9. The lowest BCUT2D eigenvalue weighted by atomic mass is 10.1. The smallest absolute Gasteiger partial charge is 0.273 e. The zero-order valence-electron chi connectivity index (χ0n) is 13.3. The number of amides is 1. The van der Waals surface area contributed by atoms with Crippen molar-refractivity contribution >= 4 is 11.6 Å². The first-order valence-electron chi connectivity index (χ1n) is 7.33. The number of para-hydroxylation sites is 1. The van der Waals surface area contributed by atoms with Crippen LogP contribution < -0.4 is 10.1 Å². The second-order valence-corrected chi connectivity index (χ2v) is 5.20. The number of methoxy groups -OCH3 is 1. The normalized spacial score (nSPS) is 10.5. The van der Waals surface area contributed by atoms with E-state index in [9.17, 15) is 9.18 Å². The maximum Gasteiger partial charge on any atom is 0.273 e. The Bertz CT molecular complexity index is 872. The van der Waals surface area contributed by atoms with Crippen molar-refractivity contribution in [3.8, 4) is 17.0 Å². The summed E-state index contributed by atoms with van der Waals surface area (Å²) in [6, 6.07) is 14.7. The molecule has 1 heterocycles. The van der Waals surface area contributed by atoms with Crippen molar-refractivity contribution in [2.24, 2.45) is 7.05 Å². The Labute approximate surface area is 138 Å². The number of benzene rings is 2. The Balaban J connectivity index is 1.88. The van der Waals surface area contributed by atoms with Crippen LogP contribution >= 0.6 is 0 Å². The molecule has 0 aliphatic rings. The Morgan fingerprint density at radius 1 is 1.17 bits per heavy atom. The van der Waals surface area contributed by atoms with E-state index in [4.69, 9.17) is 4.74 Å². The summed E-state index contributed by atoms with van der Waals surface area (Å²) in [6.45, 7) is 0. The van der Waals surface area contributed by atoms with Gasteiger partial charge in [-0.25, -0.2) is 4.39 Å². The third-order valence-corrected chi connectivity index (χ3v) is 3.60. The molecule has 5 nitrogen and oxygen atoms in total. The fraction of sp³-hybridized carbons (Fsp3) is 0.111. The lowest BCUT2D eigenvalue weighted by molar-refractivity contribution is 0.101. The van der Waals surface area contributed by atoms with Crippen LogP contribution in [0, 0.1) is 5.82 Å². The average Bonchev–Trinajstić information content (AvgIpc) is 2.98. The predicted octanol–water partition coefficient (Wildman–Crippen LogP) is 3.49. The largest absolute Gasteiger partial charge is 0.496 e. The molecule has 0 atom stereocenters. The average molecular weight is 325 g/mol. The summed E-state index contributed by atoms with van der Waals surface area (Å²) in [5.41, 5.74) is 2.34. The third kappa shape index (κ3) is 3.12. The minimum absolute atomic E-state index is 0.322. The van der Waals surface area contributed by atoms with E-state index in [0.29, 0.717) is 22.8 Å². The fourth-order valence-electron chi connectivity index (χ4n) is 2.40. The maximum atomic E-state index is 12.9. The molecule has 0 aliphatic carbocycles. The number of ether oxygens (including phenoxy) is 1. The molecule has 1 N–H and O–H groups in total. The SMILES string of the molecule is COc1ccccc1-c1cc(C(=O)Nc2ccc(F)cc2)n(C)n1. The number of halogens is 1. The Kier molecular flexibility index (Phi) is 4.29. The molecule has 0 unspecified atom stereocenters. The van der Waals surface area contributed by atoms with Gasteiger partial charge in [0.1, 0.15) is 17.3 Å². The summed E-state index contributed by atoms with van der Waals surface area (Å²) in [5.74, 6) is 0.00541. The van der Waals surface area contributed by atoms with Crippen molar-refractivity contribution in [3.63, 3.8) is 0 Å². The van der Waals surface area contributed by atoms with Crippen LogP contribution in [0.5, 0.6) is 5.75 Å². The second-order valence-electron chi connectivity index (χ2n) is 5.20. The highest BCUT2D eigenvalue weighted by atomic mass is 19.1. The van der Waals surface area contributed by atoms with Gasteiger partial charge in [-0.3, -0.25) is 9.48 Å². The molecule has 0 saturated heterocycles. The van der Waals surface area contributed by atoms with E-state index in [1.165, 1.54) is 28.9 Å². The first-order valence-corrected chi connectivity index (χ1v) is 7.33. The number of aromatic nitrogens is 2. The second kappa shape index (κ2) is 6.54. The number of rotatable bonds is 4. The standard InChI is InChI=1S/C18H16FN3O2/c1-22-16(18(23)20-13-9-7-12(19)8-10-13)11-15(21-22)14-5-3-4-6-17(14)24-2/h3-11H,1-2H3,(H,20,23). The quantitative estimate of drug-likeness (QED) is 0.799. The number of aryl methyl sites for hydroxylation is 1. The van der Waals surface area contributed by atoms with Crippen molar-refractivity contribution in [3.05, 3.63) is 66.1 Å². The van der Waals surface area contributed by atoms with Gasteiger partial charge in [0.05, 0.1) is 12.8 Å². The summed E-state index contributed by atoms with van der Waals surface area (Å²) in [6.07, 6.45) is 0. The van der Waals surface area contributed by atoms with Gasteiger partial charge in [-0.15, -0.1) is 0 Å². The molecule has 3 rings (SSSR count). The molecule has 0 aliphatic heterocycles. The molecule has 3 aromatic rings. The summed E-state index contributed by atoms with van der Waals surface area (Å²) >= 11 is 0. The molecule has 2 aromatic carbocycles. The minimum Gasteiger partial charge on any atom is -0.496 e. The number of hydrogen-bond donors (Lipinski definition) is 1. The fourth-order valence-corrected chi connectivity index (χ4v) is 2.40. The lowest BCUT2D eigenvalue weighted by Gasteiger charge is -2.04. The molecule has 24 heavy (non-hydrogen) atoms. The summed E-state index contributed by atoms with van der Waals surface area (Å²) in [7, 11) is 3.28. The van der Waals surface area contributed by atoms with Crippen LogP contribution in [-0.4, -0.2) is 22.8 Å². The number of carbonyl (C=O) groups is 1. The molecular weight excluding hydrogens is 309 g/mol. The van der Waals surface area contributed by atoms with Crippen LogP contribution in [0.1, 0.15) is 10.5 Å². The number of hydrogen-bond acceptors (Lipinski definition) is 3. The molecule has 0 fully saturated rings. The van der Waals surface area contributed by atoms with Crippen LogP contribution in [-0.2, 0) is 7.05 Å². The summed E-state index contributed by atoms with van der Waals surface area (Å²) in [5, 5.41) is 7.10. The molecule has 0 bridgehead atoms. The first kappa shape index (κ1) is 15.7. The van der Waals surface area contributed by atoms with Crippen LogP contribution in [0.15, 0.2) is 54.6 Å². The zero-order valence-corrected chi connectivity index (χ0v) is 13.3. The van der Waals surface area contributed by atoms with E-state index in [-0.39, 0.29) is 11.7 Å². The van der Waals surface area contributed by atoms with Crippen molar-refractivity contribution in [1.29, 1.82) is 0 Å². The van der Waals surface area contributed by atoms with Gasteiger partial charge in [0, 0.05) is 18.3 Å². The highest BCUT2D eigenvalue weighted by molar-refractivity contribution is 6.03. The highest BCUT2D eigenvalue weighted by Crippen LogP contribution is 2.29. The highest BCUT2D eigenvalue weighted by Gasteiger charge is 2.16. The topological polar surface area (TPSA) is 56.1 Å². The molecule has 0 saturated carbocycles. The number of nitrogens with one attached hydrogen (secondary N) is 1. The van der Waals surface area contributed by atoms with Crippen LogP contribution in [0.3, 0.4) is 0 Å². The number of nitrogens with zero attached hydrogens (tertiary/aromatic N) is 2. The molecule has 0 radical (unpaired) electrons. The van der Waals surface area contributed by atoms with E-state index in [0.717, 1.165) is 5.56 Å². The van der Waals surface area contributed by atoms with Gasteiger partial charge in [-0.05, 0) is 42.5 Å². The van der Waals surface area contributed by atoms with Crippen molar-refractivity contribution in [1.82, 2.24) is 9.78 Å². The van der Waals surface area contributed by atoms with E-state index < -0.39 is 0 Å². The first-order chi connectivity index (χ1) is 11.6. The number of carbonyl (C=O) groups excluding carboxylic acids is 1. The lowest BCUT2D eigenvalue weighted by Crippen LogP contribution is -2.15. The van der Waals surface area contributed by atoms with Gasteiger partial charge in [-0.1, -0.05) is 12.1 Å². The Hall–Kier alpha value is -3.15. The zero-order chi connectivity index (χ0) is 17.1. The molecule has 6 heteroatoms. The van der Waals surface area contributed by atoms with E-state index in [2.05, 4.69) is 10.4 Å². The van der Waals surface area contributed by atoms with Crippen molar-refractivity contribution in [2.45, 2.75) is 0 Å². The Morgan fingerprint density at radius 2 is 1.88 bits per heavy atom. The molecule has 1 aromatic heterocycles. The van der Waals surface area contributed by atoms with Crippen molar-refractivity contribution in [2.75, 3.05) is 12.4 Å². The van der Waals surface area contributed by atoms with Crippen LogP contribution in [0.4, 0.5) is 10.1 Å². The van der Waals surface area contributed by atoms with Crippen molar-refractivity contribution < 1.29 is 13.9 Å². The molecule has 1 amide bonds. The van der Waals surface area contributed by atoms with E-state index in [1.54, 1.807) is 20.2 Å². The van der Waals surface area contributed by atoms with Gasteiger partial charge in [0.2, 0.25) is 0 Å². The third-order valence-electron chi connectivity index (χ3n) is 3.60. The summed E-state index contributed by atoms with van der Waals surface area (Å²) in [4.78, 5) is 12.4. The summed E-state index contributed by atoms with van der Waals surface area (Å²) < 4.78 is 19.8.